The fourth-order valence-corrected chi connectivity index (χ4v) is 2.34. The second-order valence-corrected chi connectivity index (χ2v) is 4.80. The predicted octanol–water partition coefficient (Wildman–Crippen LogP) is 4.08. The van der Waals surface area contributed by atoms with Gasteiger partial charge in [0.05, 0.1) is 11.6 Å². The molecule has 0 saturated heterocycles. The number of ether oxygens (including phenoxy) is 1. The first-order chi connectivity index (χ1) is 8.10. The van der Waals surface area contributed by atoms with Crippen molar-refractivity contribution < 1.29 is 4.74 Å². The molecule has 0 radical (unpaired) electrons. The first-order valence-corrected chi connectivity index (χ1v) is 6.16. The molecule has 1 heterocycles. The minimum absolute atomic E-state index is 0.425. The maximum absolute atomic E-state index is 8.85. The maximum Gasteiger partial charge on any atom is 0.280 e. The molecule has 0 unspecified atom stereocenters. The van der Waals surface area contributed by atoms with Gasteiger partial charge in [-0.3, -0.25) is 0 Å². The summed E-state index contributed by atoms with van der Waals surface area (Å²) in [6, 6.07) is 5.69. The van der Waals surface area contributed by atoms with Crippen LogP contribution in [0.3, 0.4) is 0 Å². The van der Waals surface area contributed by atoms with Gasteiger partial charge in [0.15, 0.2) is 0 Å². The van der Waals surface area contributed by atoms with Crippen LogP contribution >= 0.6 is 22.9 Å². The van der Waals surface area contributed by atoms with Crippen LogP contribution in [0.2, 0.25) is 5.15 Å². The van der Waals surface area contributed by atoms with Crippen molar-refractivity contribution in [3.63, 3.8) is 0 Å². The monoisotopic (exact) mass is 264 g/mol. The van der Waals surface area contributed by atoms with Gasteiger partial charge in [-0.1, -0.05) is 22.9 Å². The Hall–Kier alpha value is -1.57. The van der Waals surface area contributed by atoms with Gasteiger partial charge >= 0.3 is 0 Å². The summed E-state index contributed by atoms with van der Waals surface area (Å²) >= 11 is 7.07. The van der Waals surface area contributed by atoms with Crippen molar-refractivity contribution in [1.82, 2.24) is 4.98 Å². The van der Waals surface area contributed by atoms with Crippen LogP contribution in [-0.2, 0) is 0 Å². The molecule has 1 aromatic carbocycles. The van der Waals surface area contributed by atoms with Gasteiger partial charge in [-0.25, -0.2) is 0 Å². The molecule has 17 heavy (non-hydrogen) atoms. The van der Waals surface area contributed by atoms with E-state index in [2.05, 4.69) is 11.1 Å². The summed E-state index contributed by atoms with van der Waals surface area (Å²) in [6.45, 7) is 3.80. The van der Waals surface area contributed by atoms with Crippen LogP contribution in [0.4, 0.5) is 0 Å². The number of aromatic nitrogens is 1. The molecule has 0 bridgehead atoms. The molecule has 0 N–H and O–H groups in total. The van der Waals surface area contributed by atoms with Crippen LogP contribution < -0.4 is 4.74 Å². The third-order valence-electron chi connectivity index (χ3n) is 2.23. The second kappa shape index (κ2) is 4.74. The zero-order valence-electron chi connectivity index (χ0n) is 9.32. The fraction of sp³-hybridized carbons (Fsp3) is 0.167. The summed E-state index contributed by atoms with van der Waals surface area (Å²) < 4.78 is 5.67. The highest BCUT2D eigenvalue weighted by atomic mass is 35.5. The Balaban J connectivity index is 2.37. The van der Waals surface area contributed by atoms with Crippen LogP contribution in [0.5, 0.6) is 10.9 Å². The van der Waals surface area contributed by atoms with Crippen molar-refractivity contribution in [2.45, 2.75) is 13.8 Å². The van der Waals surface area contributed by atoms with Crippen molar-refractivity contribution in [2.24, 2.45) is 0 Å². The van der Waals surface area contributed by atoms with E-state index in [0.717, 1.165) is 16.9 Å². The van der Waals surface area contributed by atoms with Gasteiger partial charge in [0.1, 0.15) is 10.9 Å². The third-order valence-corrected chi connectivity index (χ3v) is 3.27. The molecule has 0 amide bonds. The maximum atomic E-state index is 8.85. The first kappa shape index (κ1) is 11.9. The highest BCUT2D eigenvalue weighted by Gasteiger charge is 2.09. The van der Waals surface area contributed by atoms with Crippen LogP contribution in [0.1, 0.15) is 16.7 Å². The molecule has 0 fully saturated rings. The lowest BCUT2D eigenvalue weighted by Crippen LogP contribution is -1.92. The van der Waals surface area contributed by atoms with Gasteiger partial charge in [0.25, 0.3) is 5.19 Å². The van der Waals surface area contributed by atoms with Gasteiger partial charge in [-0.05, 0) is 37.1 Å². The molecule has 0 aliphatic rings. The molecule has 0 aliphatic heterocycles. The normalized spacial score (nSPS) is 10.0. The smallest absolute Gasteiger partial charge is 0.280 e. The van der Waals surface area contributed by atoms with Gasteiger partial charge in [-0.15, -0.1) is 0 Å². The molecule has 1 aromatic heterocycles. The largest absolute Gasteiger partial charge is 0.430 e. The number of thiazole rings is 1. The van der Waals surface area contributed by atoms with Gasteiger partial charge in [-0.2, -0.15) is 10.2 Å². The Morgan fingerprint density at radius 1 is 1.35 bits per heavy atom. The summed E-state index contributed by atoms with van der Waals surface area (Å²) in [5, 5.41) is 11.5. The van der Waals surface area contributed by atoms with E-state index < -0.39 is 0 Å². The molecule has 3 nitrogen and oxygen atoms in total. The topological polar surface area (TPSA) is 45.9 Å². The third kappa shape index (κ3) is 2.57. The molecule has 2 aromatic rings. The Labute approximate surface area is 108 Å². The quantitative estimate of drug-likeness (QED) is 0.821. The lowest BCUT2D eigenvalue weighted by atomic mass is 10.1. The molecule has 0 spiro atoms. The zero-order chi connectivity index (χ0) is 12.4. The average molecular weight is 265 g/mol. The molecule has 86 valence electrons. The SMILES string of the molecule is Cc1cc(C#N)cc(C)c1Oc1nc(Cl)cs1. The summed E-state index contributed by atoms with van der Waals surface area (Å²) in [6.07, 6.45) is 0. The highest BCUT2D eigenvalue weighted by molar-refractivity contribution is 7.11. The molecular weight excluding hydrogens is 256 g/mol. The van der Waals surface area contributed by atoms with Crippen molar-refractivity contribution in [1.29, 1.82) is 5.26 Å². The molecule has 0 aliphatic carbocycles. The van der Waals surface area contributed by atoms with E-state index >= 15 is 0 Å². The first-order valence-electron chi connectivity index (χ1n) is 4.90. The standard InChI is InChI=1S/C12H9ClN2OS/c1-7-3-9(5-14)4-8(2)11(7)16-12-15-10(13)6-17-12/h3-4,6H,1-2H3. The Bertz CT molecular complexity index is 578. The average Bonchev–Trinajstić information content (AvgIpc) is 2.69. The number of nitrogens with zero attached hydrogens (tertiary/aromatic N) is 2. The van der Waals surface area contributed by atoms with E-state index in [1.807, 2.05) is 13.8 Å². The van der Waals surface area contributed by atoms with Gasteiger partial charge in [0.2, 0.25) is 0 Å². The van der Waals surface area contributed by atoms with Crippen molar-refractivity contribution in [2.75, 3.05) is 0 Å². The highest BCUT2D eigenvalue weighted by Crippen LogP contribution is 2.32. The summed E-state index contributed by atoms with van der Waals surface area (Å²) in [5.74, 6) is 0.731. The number of benzene rings is 1. The predicted molar refractivity (Wildman–Crippen MR) is 67.8 cm³/mol. The zero-order valence-corrected chi connectivity index (χ0v) is 10.9. The lowest BCUT2D eigenvalue weighted by Gasteiger charge is -2.09. The van der Waals surface area contributed by atoms with Crippen LogP contribution in [0.15, 0.2) is 17.5 Å². The number of hydrogen-bond acceptors (Lipinski definition) is 4. The minimum atomic E-state index is 0.425. The number of nitriles is 1. The summed E-state index contributed by atoms with van der Waals surface area (Å²) in [4.78, 5) is 4.03. The summed E-state index contributed by atoms with van der Waals surface area (Å²) in [5.41, 5.74) is 2.45. The van der Waals surface area contributed by atoms with Crippen molar-refractivity contribution in [3.05, 3.63) is 39.4 Å². The minimum Gasteiger partial charge on any atom is -0.430 e. The van der Waals surface area contributed by atoms with E-state index in [4.69, 9.17) is 21.6 Å². The van der Waals surface area contributed by atoms with E-state index in [-0.39, 0.29) is 0 Å². The van der Waals surface area contributed by atoms with E-state index in [0.29, 0.717) is 15.9 Å². The van der Waals surface area contributed by atoms with Crippen LogP contribution in [0, 0.1) is 25.2 Å². The second-order valence-electron chi connectivity index (χ2n) is 3.59. The molecule has 0 saturated carbocycles. The number of aryl methyl sites for hydroxylation is 2. The van der Waals surface area contributed by atoms with E-state index in [1.54, 1.807) is 17.5 Å². The Morgan fingerprint density at radius 2 is 2.00 bits per heavy atom. The van der Waals surface area contributed by atoms with Crippen molar-refractivity contribution in [3.8, 4) is 17.0 Å². The number of hydrogen-bond donors (Lipinski definition) is 0. The van der Waals surface area contributed by atoms with E-state index in [9.17, 15) is 0 Å². The van der Waals surface area contributed by atoms with Crippen LogP contribution in [0.25, 0.3) is 0 Å². The van der Waals surface area contributed by atoms with E-state index in [1.165, 1.54) is 11.3 Å². The van der Waals surface area contributed by atoms with Gasteiger partial charge in [0, 0.05) is 5.38 Å². The molecular formula is C12H9ClN2OS. The summed E-state index contributed by atoms with van der Waals surface area (Å²) in [7, 11) is 0. The molecule has 0 atom stereocenters. The Kier molecular flexibility index (Phi) is 3.32. The number of halogens is 1. The lowest BCUT2D eigenvalue weighted by molar-refractivity contribution is 0.471. The van der Waals surface area contributed by atoms with Crippen molar-refractivity contribution >= 4 is 22.9 Å². The van der Waals surface area contributed by atoms with Crippen LogP contribution in [-0.4, -0.2) is 4.98 Å². The fourth-order valence-electron chi connectivity index (χ4n) is 1.55. The van der Waals surface area contributed by atoms with Gasteiger partial charge < -0.3 is 4.74 Å². The molecule has 5 heteroatoms. The number of rotatable bonds is 2. The molecule has 2 rings (SSSR count). The Morgan fingerprint density at radius 3 is 2.47 bits per heavy atom.